The summed E-state index contributed by atoms with van der Waals surface area (Å²) in [5.41, 5.74) is 2.02. The number of anilines is 1. The number of hydrogen-bond donors (Lipinski definition) is 1. The minimum atomic E-state index is -0.398. The number of fused-ring (bicyclic) bond motifs is 1. The Morgan fingerprint density at radius 3 is 2.50 bits per heavy atom. The third-order valence-corrected chi connectivity index (χ3v) is 5.44. The number of nitrogens with zero attached hydrogens (tertiary/aromatic N) is 3. The molecule has 2 aromatic rings. The number of benzene rings is 2. The van der Waals surface area contributed by atoms with E-state index in [9.17, 15) is 14.9 Å². The van der Waals surface area contributed by atoms with Crippen molar-refractivity contribution >= 4 is 17.3 Å². The Morgan fingerprint density at radius 2 is 1.80 bits per heavy atom. The molecule has 2 heterocycles. The summed E-state index contributed by atoms with van der Waals surface area (Å²) in [6.07, 6.45) is 0. The van der Waals surface area contributed by atoms with E-state index in [1.54, 1.807) is 12.1 Å². The molecule has 2 aliphatic heterocycles. The molecule has 2 aromatic carbocycles. The number of non-ortho nitro benzene ring substituents is 1. The fourth-order valence-corrected chi connectivity index (χ4v) is 3.71. The van der Waals surface area contributed by atoms with E-state index in [1.807, 2.05) is 25.1 Å². The summed E-state index contributed by atoms with van der Waals surface area (Å²) in [4.78, 5) is 27.2. The molecule has 0 aromatic heterocycles. The molecule has 9 nitrogen and oxygen atoms in total. The van der Waals surface area contributed by atoms with Crippen LogP contribution in [0.1, 0.15) is 18.5 Å². The van der Waals surface area contributed by atoms with E-state index in [1.165, 1.54) is 12.1 Å². The first-order valence-electron chi connectivity index (χ1n) is 9.90. The van der Waals surface area contributed by atoms with Gasteiger partial charge in [-0.3, -0.25) is 19.8 Å². The normalized spacial score (nSPS) is 16.9. The molecule has 4 rings (SSSR count). The molecule has 0 spiro atoms. The minimum absolute atomic E-state index is 0.0241. The van der Waals surface area contributed by atoms with Gasteiger partial charge in [0, 0.05) is 44.0 Å². The highest BCUT2D eigenvalue weighted by molar-refractivity contribution is 5.78. The fourth-order valence-electron chi connectivity index (χ4n) is 3.71. The van der Waals surface area contributed by atoms with Gasteiger partial charge >= 0.3 is 0 Å². The molecule has 0 aliphatic carbocycles. The van der Waals surface area contributed by atoms with E-state index in [-0.39, 0.29) is 24.4 Å². The lowest BCUT2D eigenvalue weighted by Crippen LogP contribution is -2.49. The van der Waals surface area contributed by atoms with Crippen LogP contribution in [0, 0.1) is 10.1 Å². The van der Waals surface area contributed by atoms with Gasteiger partial charge in [-0.15, -0.1) is 0 Å². The van der Waals surface area contributed by atoms with E-state index in [0.29, 0.717) is 12.3 Å². The largest absolute Gasteiger partial charge is 0.454 e. The van der Waals surface area contributed by atoms with Crippen LogP contribution in [0.4, 0.5) is 11.4 Å². The zero-order valence-electron chi connectivity index (χ0n) is 16.7. The number of carbonyl (C=O) groups is 1. The molecular formula is C21H24N4O5. The summed E-state index contributed by atoms with van der Waals surface area (Å²) >= 11 is 0. The Balaban J connectivity index is 1.25. The van der Waals surface area contributed by atoms with Crippen LogP contribution in [0.25, 0.3) is 0 Å². The van der Waals surface area contributed by atoms with Crippen LogP contribution in [-0.2, 0) is 4.79 Å². The molecule has 0 saturated carbocycles. The lowest BCUT2D eigenvalue weighted by molar-refractivity contribution is -0.384. The molecule has 1 fully saturated rings. The number of piperazine rings is 1. The third kappa shape index (κ3) is 4.46. The monoisotopic (exact) mass is 412 g/mol. The molecule has 1 amide bonds. The van der Waals surface area contributed by atoms with Gasteiger partial charge < -0.3 is 19.7 Å². The van der Waals surface area contributed by atoms with Crippen molar-refractivity contribution in [2.45, 2.75) is 13.0 Å². The zero-order chi connectivity index (χ0) is 21.1. The summed E-state index contributed by atoms with van der Waals surface area (Å²) in [6, 6.07) is 12.1. The zero-order valence-corrected chi connectivity index (χ0v) is 16.7. The molecule has 0 bridgehead atoms. The average molecular weight is 412 g/mol. The number of nitro groups is 1. The number of rotatable bonds is 6. The molecule has 0 unspecified atom stereocenters. The number of nitro benzene ring substituents is 1. The van der Waals surface area contributed by atoms with Crippen LogP contribution >= 0.6 is 0 Å². The number of hydrogen-bond acceptors (Lipinski definition) is 7. The second kappa shape index (κ2) is 8.58. The van der Waals surface area contributed by atoms with E-state index in [4.69, 9.17) is 9.47 Å². The Kier molecular flexibility index (Phi) is 5.71. The van der Waals surface area contributed by atoms with Crippen molar-refractivity contribution in [2.24, 2.45) is 0 Å². The lowest BCUT2D eigenvalue weighted by Gasteiger charge is -2.35. The smallest absolute Gasteiger partial charge is 0.269 e. The van der Waals surface area contributed by atoms with E-state index in [2.05, 4.69) is 15.1 Å². The predicted octanol–water partition coefficient (Wildman–Crippen LogP) is 2.32. The molecule has 9 heteroatoms. The van der Waals surface area contributed by atoms with Crippen LogP contribution in [0.2, 0.25) is 0 Å². The van der Waals surface area contributed by atoms with Crippen LogP contribution < -0.4 is 19.7 Å². The van der Waals surface area contributed by atoms with Gasteiger partial charge in [-0.1, -0.05) is 6.07 Å². The molecule has 158 valence electrons. The maximum atomic E-state index is 12.5. The molecule has 2 aliphatic rings. The lowest BCUT2D eigenvalue weighted by atomic mass is 10.1. The Bertz CT molecular complexity index is 925. The summed E-state index contributed by atoms with van der Waals surface area (Å²) in [5.74, 6) is 1.41. The van der Waals surface area contributed by atoms with Crippen molar-refractivity contribution in [3.63, 3.8) is 0 Å². The van der Waals surface area contributed by atoms with Crippen LogP contribution in [-0.4, -0.2) is 55.2 Å². The van der Waals surface area contributed by atoms with Crippen molar-refractivity contribution in [2.75, 3.05) is 44.4 Å². The maximum Gasteiger partial charge on any atom is 0.269 e. The Hall–Kier alpha value is -3.33. The highest BCUT2D eigenvalue weighted by Gasteiger charge is 2.21. The second-order valence-corrected chi connectivity index (χ2v) is 7.44. The predicted molar refractivity (Wildman–Crippen MR) is 111 cm³/mol. The number of ether oxygens (including phenoxy) is 2. The van der Waals surface area contributed by atoms with Gasteiger partial charge in [-0.25, -0.2) is 0 Å². The van der Waals surface area contributed by atoms with Crippen LogP contribution in [0.15, 0.2) is 42.5 Å². The standard InChI is InChI=1S/C21H24N4O5/c1-15(16-2-7-19-20(12-16)30-14-29-19)22-21(26)13-23-8-10-24(11-9-23)17-3-5-18(6-4-17)25(27)28/h2-7,12,15H,8-11,13-14H2,1H3,(H,22,26)/t15-/m0/s1. The van der Waals surface area contributed by atoms with Crippen LogP contribution in [0.5, 0.6) is 11.5 Å². The first-order valence-corrected chi connectivity index (χ1v) is 9.90. The number of carbonyl (C=O) groups excluding carboxylic acids is 1. The Morgan fingerprint density at radius 1 is 1.10 bits per heavy atom. The summed E-state index contributed by atoms with van der Waals surface area (Å²) in [7, 11) is 0. The molecule has 1 saturated heterocycles. The van der Waals surface area contributed by atoms with Gasteiger partial charge in [0.25, 0.3) is 5.69 Å². The number of nitrogens with one attached hydrogen (secondary N) is 1. The van der Waals surface area contributed by atoms with E-state index >= 15 is 0 Å². The van der Waals surface area contributed by atoms with Crippen LogP contribution in [0.3, 0.4) is 0 Å². The highest BCUT2D eigenvalue weighted by atomic mass is 16.7. The fraction of sp³-hybridized carbons (Fsp3) is 0.381. The SMILES string of the molecule is C[C@H](NC(=O)CN1CCN(c2ccc([N+](=O)[O-])cc2)CC1)c1ccc2c(c1)OCO2. The molecular weight excluding hydrogens is 388 g/mol. The van der Waals surface area contributed by atoms with Gasteiger partial charge in [-0.05, 0) is 36.8 Å². The van der Waals surface area contributed by atoms with Gasteiger partial charge in [-0.2, -0.15) is 0 Å². The van der Waals surface area contributed by atoms with Gasteiger partial charge in [0.2, 0.25) is 12.7 Å². The summed E-state index contributed by atoms with van der Waals surface area (Å²) in [5, 5.41) is 13.8. The van der Waals surface area contributed by atoms with Gasteiger partial charge in [0.05, 0.1) is 17.5 Å². The van der Waals surface area contributed by atoms with Crippen molar-refractivity contribution in [1.82, 2.24) is 10.2 Å². The quantitative estimate of drug-likeness (QED) is 0.574. The number of amides is 1. The van der Waals surface area contributed by atoms with Crippen molar-refractivity contribution in [3.8, 4) is 11.5 Å². The first-order chi connectivity index (χ1) is 14.5. The minimum Gasteiger partial charge on any atom is -0.454 e. The third-order valence-electron chi connectivity index (χ3n) is 5.44. The Labute approximate surface area is 174 Å². The summed E-state index contributed by atoms with van der Waals surface area (Å²) < 4.78 is 10.7. The van der Waals surface area contributed by atoms with E-state index in [0.717, 1.165) is 43.2 Å². The van der Waals surface area contributed by atoms with Crippen molar-refractivity contribution in [1.29, 1.82) is 0 Å². The molecule has 0 radical (unpaired) electrons. The van der Waals surface area contributed by atoms with Crippen molar-refractivity contribution < 1.29 is 19.2 Å². The topological polar surface area (TPSA) is 97.2 Å². The molecule has 30 heavy (non-hydrogen) atoms. The molecule has 1 N–H and O–H groups in total. The second-order valence-electron chi connectivity index (χ2n) is 7.44. The average Bonchev–Trinajstić information content (AvgIpc) is 3.22. The maximum absolute atomic E-state index is 12.5. The van der Waals surface area contributed by atoms with Gasteiger partial charge in [0.1, 0.15) is 0 Å². The summed E-state index contributed by atoms with van der Waals surface area (Å²) in [6.45, 7) is 5.55. The molecule has 1 atom stereocenters. The van der Waals surface area contributed by atoms with E-state index < -0.39 is 4.92 Å². The van der Waals surface area contributed by atoms with Crippen molar-refractivity contribution in [3.05, 3.63) is 58.1 Å². The first kappa shape index (κ1) is 20.0. The van der Waals surface area contributed by atoms with Gasteiger partial charge in [0.15, 0.2) is 11.5 Å². The highest BCUT2D eigenvalue weighted by Crippen LogP contribution is 2.34.